The number of aromatic carboxylic acids is 4. The van der Waals surface area contributed by atoms with Gasteiger partial charge < -0.3 is 37.0 Å². The molecule has 0 aliphatic carbocycles. The Morgan fingerprint density at radius 2 is 0.928 bits per heavy atom. The lowest BCUT2D eigenvalue weighted by molar-refractivity contribution is 0.0651. The van der Waals surface area contributed by atoms with Gasteiger partial charge in [-0.25, -0.2) is 28.5 Å². The van der Waals surface area contributed by atoms with E-state index in [4.69, 9.17) is 11.5 Å². The van der Waals surface area contributed by atoms with Crippen LogP contribution in [0.5, 0.6) is 6.01 Å². The molecule has 0 radical (unpaired) electrons. The van der Waals surface area contributed by atoms with Crippen LogP contribution in [0.2, 0.25) is 0 Å². The van der Waals surface area contributed by atoms with Gasteiger partial charge in [0.15, 0.2) is 34.6 Å². The summed E-state index contributed by atoms with van der Waals surface area (Å²) in [5, 5.41) is 104. The number of nitrogens with two attached hydrogens (primary N) is 2. The Balaban J connectivity index is 1.31. The van der Waals surface area contributed by atoms with Crippen LogP contribution in [0.15, 0.2) is 69.2 Å². The van der Waals surface area contributed by atoms with E-state index in [0.29, 0.717) is 0 Å². The fourth-order valence-corrected chi connectivity index (χ4v) is 6.55. The van der Waals surface area contributed by atoms with Crippen molar-refractivity contribution in [3.05, 3.63) is 93.6 Å². The number of carbonyl (C=O) groups is 4. The van der Waals surface area contributed by atoms with Crippen molar-refractivity contribution < 1.29 is 44.7 Å². The Kier molecular flexibility index (Phi) is 11.7. The Morgan fingerprint density at radius 3 is 1.25 bits per heavy atom. The highest BCUT2D eigenvalue weighted by Crippen LogP contribution is 2.40. The summed E-state index contributed by atoms with van der Waals surface area (Å²) in [6.45, 7) is 10.7. The summed E-state index contributed by atoms with van der Waals surface area (Å²) >= 11 is 0. The SMILES string of the molecule is CC(C)(C)c1nn(-c2nc(O)nc(-n3nc(C(C)(C)C)c(N=Nc4c(C#N)cnn4-c4ccc(C(=O)O)c(C(=O)O)c4)c3N)n2)c(N)c1N=Nc1c(C#N)cnn1-c1ccc(C(=O)O)c(C(=O)O)c1. The monoisotopic (exact) mass is 937 g/mol. The molecule has 28 nitrogen and oxygen atoms in total. The van der Waals surface area contributed by atoms with E-state index in [1.807, 2.05) is 12.1 Å². The van der Waals surface area contributed by atoms with Crippen molar-refractivity contribution in [2.24, 2.45) is 20.5 Å². The van der Waals surface area contributed by atoms with Crippen LogP contribution in [-0.2, 0) is 10.8 Å². The van der Waals surface area contributed by atoms with Gasteiger partial charge in [-0.1, -0.05) is 41.5 Å². The summed E-state index contributed by atoms with van der Waals surface area (Å²) in [6, 6.07) is 9.80. The molecule has 0 saturated carbocycles. The highest BCUT2D eigenvalue weighted by molar-refractivity contribution is 6.03. The Labute approximate surface area is 386 Å². The van der Waals surface area contributed by atoms with Crippen molar-refractivity contribution in [1.29, 1.82) is 10.5 Å². The molecule has 0 amide bonds. The number of aromatic hydroxyl groups is 1. The fourth-order valence-electron chi connectivity index (χ4n) is 6.55. The molecule has 9 N–H and O–H groups in total. The zero-order chi connectivity index (χ0) is 50.4. The lowest BCUT2D eigenvalue weighted by atomic mass is 9.91. The number of rotatable bonds is 12. The Hall–Kier alpha value is -10.3. The van der Waals surface area contributed by atoms with Gasteiger partial charge in [0.1, 0.15) is 23.3 Å². The first-order valence-electron chi connectivity index (χ1n) is 19.7. The van der Waals surface area contributed by atoms with E-state index in [0.717, 1.165) is 55.4 Å². The van der Waals surface area contributed by atoms with Crippen LogP contribution in [0.1, 0.15) is 105 Å². The average molecular weight is 938 g/mol. The van der Waals surface area contributed by atoms with Crippen LogP contribution in [0.4, 0.5) is 34.6 Å². The van der Waals surface area contributed by atoms with Gasteiger partial charge in [0, 0.05) is 10.8 Å². The van der Waals surface area contributed by atoms with Crippen LogP contribution in [0.3, 0.4) is 0 Å². The first-order valence-corrected chi connectivity index (χ1v) is 19.7. The van der Waals surface area contributed by atoms with Crippen molar-refractivity contribution in [3.8, 4) is 41.4 Å². The van der Waals surface area contributed by atoms with E-state index < -0.39 is 63.0 Å². The van der Waals surface area contributed by atoms with Gasteiger partial charge in [0.2, 0.25) is 0 Å². The minimum atomic E-state index is -1.52. The molecule has 28 heteroatoms. The second-order valence-electron chi connectivity index (χ2n) is 16.6. The smallest absolute Gasteiger partial charge is 0.336 e. The number of aromatic nitrogens is 11. The predicted molar refractivity (Wildman–Crippen MR) is 235 cm³/mol. The average Bonchev–Trinajstić information content (AvgIpc) is 4.06. The van der Waals surface area contributed by atoms with Gasteiger partial charge in [-0.2, -0.15) is 55.2 Å². The normalized spacial score (nSPS) is 11.8. The topological polar surface area (TPSA) is 428 Å². The van der Waals surface area contributed by atoms with Gasteiger partial charge >= 0.3 is 29.9 Å². The number of nitrogens with zero attached hydrogens (tertiary/aromatic N) is 17. The summed E-state index contributed by atoms with van der Waals surface area (Å²) in [5.41, 5.74) is 9.82. The third-order valence-corrected chi connectivity index (χ3v) is 9.83. The second-order valence-corrected chi connectivity index (χ2v) is 16.6. The minimum Gasteiger partial charge on any atom is -0.479 e. The van der Waals surface area contributed by atoms with E-state index in [2.05, 4.69) is 55.8 Å². The van der Waals surface area contributed by atoms with Crippen LogP contribution in [0.25, 0.3) is 23.3 Å². The van der Waals surface area contributed by atoms with Crippen molar-refractivity contribution in [2.75, 3.05) is 11.5 Å². The number of hydrogen-bond donors (Lipinski definition) is 7. The largest absolute Gasteiger partial charge is 0.479 e. The lowest BCUT2D eigenvalue weighted by Crippen LogP contribution is -2.16. The molecule has 5 aromatic heterocycles. The lowest BCUT2D eigenvalue weighted by Gasteiger charge is -2.15. The van der Waals surface area contributed by atoms with E-state index in [1.165, 1.54) is 12.1 Å². The van der Waals surface area contributed by atoms with Crippen LogP contribution < -0.4 is 11.5 Å². The standard InChI is InChI=1S/C41H35N19O9/c1-40(2,3)27-25(51-53-31-17(13-42)15-46-57(31)19-7-9-21(33(61)62)23(11-19)35(65)66)29(44)59(55-27)37-48-38(50-39(69)49-37)60-30(45)26(28(56-60)41(4,5)6)52-54-32-18(14-43)16-47-58(32)20-8-10-22(34(63)64)24(12-20)36(67)68/h7-12,15-16H,44-45H2,1-6H3,(H,61,62)(H,63,64)(H,65,66)(H,67,68)(H,48,49,50,69). The summed E-state index contributed by atoms with van der Waals surface area (Å²) in [7, 11) is 0. The van der Waals surface area contributed by atoms with Crippen LogP contribution in [0, 0.1) is 22.7 Å². The Bertz CT molecular complexity index is 3240. The molecule has 69 heavy (non-hydrogen) atoms. The molecule has 0 bridgehead atoms. The maximum Gasteiger partial charge on any atom is 0.336 e. The van der Waals surface area contributed by atoms with E-state index in [1.54, 1.807) is 41.5 Å². The molecular weight excluding hydrogens is 903 g/mol. The maximum atomic E-state index is 11.9. The second kappa shape index (κ2) is 17.3. The predicted octanol–water partition coefficient (Wildman–Crippen LogP) is 5.45. The molecule has 0 aliphatic rings. The number of carboxylic acid groups (broad SMARTS) is 4. The van der Waals surface area contributed by atoms with E-state index in [9.17, 15) is 55.2 Å². The molecule has 7 rings (SSSR count). The molecule has 2 aromatic carbocycles. The summed E-state index contributed by atoms with van der Waals surface area (Å²) in [4.78, 5) is 59.8. The molecule has 0 unspecified atom stereocenters. The van der Waals surface area contributed by atoms with Gasteiger partial charge in [0.25, 0.3) is 11.9 Å². The van der Waals surface area contributed by atoms with Crippen molar-refractivity contribution >= 4 is 58.5 Å². The molecule has 0 spiro atoms. The first kappa shape index (κ1) is 46.7. The highest BCUT2D eigenvalue weighted by Gasteiger charge is 2.31. The molecule has 0 atom stereocenters. The number of benzene rings is 2. The molecule has 348 valence electrons. The van der Waals surface area contributed by atoms with Crippen LogP contribution in [-0.4, -0.2) is 103 Å². The molecule has 5 heterocycles. The van der Waals surface area contributed by atoms with Gasteiger partial charge in [-0.05, 0) is 36.4 Å². The maximum absolute atomic E-state index is 11.9. The molecule has 0 saturated heterocycles. The third-order valence-electron chi connectivity index (χ3n) is 9.83. The summed E-state index contributed by atoms with van der Waals surface area (Å²) in [6.07, 6.45) is 2.29. The quantitative estimate of drug-likeness (QED) is 0.0749. The molecule has 0 fully saturated rings. The number of nitrogen functional groups attached to an aromatic ring is 2. The fraction of sp³-hybridized carbons (Fsp3) is 0.195. The van der Waals surface area contributed by atoms with Crippen molar-refractivity contribution in [3.63, 3.8) is 0 Å². The molecule has 0 aliphatic heterocycles. The first-order chi connectivity index (χ1) is 32.4. The van der Waals surface area contributed by atoms with Gasteiger partial charge in [-0.15, -0.1) is 20.5 Å². The van der Waals surface area contributed by atoms with E-state index in [-0.39, 0.29) is 80.4 Å². The van der Waals surface area contributed by atoms with Gasteiger partial charge in [0.05, 0.1) is 57.4 Å². The van der Waals surface area contributed by atoms with E-state index >= 15 is 0 Å². The number of anilines is 2. The molecular formula is C41H35N19O9. The summed E-state index contributed by atoms with van der Waals surface area (Å²) < 4.78 is 4.22. The number of hydrogen-bond acceptors (Lipinski definition) is 20. The Morgan fingerprint density at radius 1 is 0.565 bits per heavy atom. The zero-order valence-electron chi connectivity index (χ0n) is 36.7. The van der Waals surface area contributed by atoms with Crippen molar-refractivity contribution in [1.82, 2.24) is 54.1 Å². The minimum absolute atomic E-state index is 0.0392. The third kappa shape index (κ3) is 8.69. The van der Waals surface area contributed by atoms with Gasteiger partial charge in [-0.3, -0.25) is 0 Å². The molecule has 7 aromatic rings. The highest BCUT2D eigenvalue weighted by atomic mass is 16.4. The number of nitriles is 2. The number of carboxylic acids is 4. The number of azo groups is 2. The van der Waals surface area contributed by atoms with Crippen molar-refractivity contribution in [2.45, 2.75) is 52.4 Å². The zero-order valence-corrected chi connectivity index (χ0v) is 36.7. The van der Waals surface area contributed by atoms with Crippen LogP contribution >= 0.6 is 0 Å². The summed E-state index contributed by atoms with van der Waals surface area (Å²) in [5.74, 6) is -7.54.